The quantitative estimate of drug-likeness (QED) is 0.558. The highest BCUT2D eigenvalue weighted by Gasteiger charge is 2.01. The van der Waals surface area contributed by atoms with Crippen LogP contribution >= 0.6 is 0 Å². The molecule has 0 fully saturated rings. The number of nitrogens with zero attached hydrogens (tertiary/aromatic N) is 1. The maximum Gasteiger partial charge on any atom is 0.243 e. The van der Waals surface area contributed by atoms with Crippen molar-refractivity contribution in [1.82, 2.24) is 0 Å². The zero-order valence-corrected chi connectivity index (χ0v) is 7.10. The van der Waals surface area contributed by atoms with Crippen LogP contribution in [0.1, 0.15) is 12.5 Å². The summed E-state index contributed by atoms with van der Waals surface area (Å²) in [6, 6.07) is 6.20. The highest BCUT2D eigenvalue weighted by atomic mass is 16.6. The zero-order chi connectivity index (χ0) is 9.84. The Bertz CT molecular complexity index is 340. The Kier molecular flexibility index (Phi) is 2.64. The van der Waals surface area contributed by atoms with Gasteiger partial charge in [-0.1, -0.05) is 12.1 Å². The summed E-state index contributed by atoms with van der Waals surface area (Å²) in [5.74, 6) is 0.149. The van der Waals surface area contributed by atoms with Crippen molar-refractivity contribution in [2.45, 2.75) is 6.92 Å². The molecule has 1 aromatic carbocycles. The fourth-order valence-electron chi connectivity index (χ4n) is 0.864. The molecule has 13 heavy (non-hydrogen) atoms. The Morgan fingerprint density at radius 2 is 2.00 bits per heavy atom. The van der Waals surface area contributed by atoms with Gasteiger partial charge in [-0.25, -0.2) is 0 Å². The summed E-state index contributed by atoms with van der Waals surface area (Å²) in [5, 5.41) is 19.2. The average Bonchev–Trinajstić information content (AvgIpc) is 2.08. The van der Waals surface area contributed by atoms with Crippen LogP contribution in [0, 0.1) is 10.1 Å². The molecule has 0 saturated heterocycles. The zero-order valence-electron chi connectivity index (χ0n) is 7.10. The second kappa shape index (κ2) is 3.71. The van der Waals surface area contributed by atoms with Crippen molar-refractivity contribution in [3.8, 4) is 5.75 Å². The number of hydrogen-bond acceptors (Lipinski definition) is 3. The third-order valence-electron chi connectivity index (χ3n) is 1.56. The minimum absolute atomic E-state index is 0.0747. The molecule has 1 N–H and O–H groups in total. The topological polar surface area (TPSA) is 63.4 Å². The van der Waals surface area contributed by atoms with E-state index >= 15 is 0 Å². The molecule has 0 aliphatic heterocycles. The first-order valence-electron chi connectivity index (χ1n) is 3.71. The van der Waals surface area contributed by atoms with E-state index in [4.69, 9.17) is 5.11 Å². The minimum Gasteiger partial charge on any atom is -0.508 e. The molecule has 0 unspecified atom stereocenters. The fraction of sp³-hybridized carbons (Fsp3) is 0.111. The predicted octanol–water partition coefficient (Wildman–Crippen LogP) is 2.03. The van der Waals surface area contributed by atoms with Crippen LogP contribution in [0.25, 0.3) is 6.08 Å². The Labute approximate surface area is 75.3 Å². The average molecular weight is 179 g/mol. The van der Waals surface area contributed by atoms with Crippen LogP contribution < -0.4 is 0 Å². The first-order valence-corrected chi connectivity index (χ1v) is 3.71. The molecule has 0 atom stereocenters. The molecule has 1 rings (SSSR count). The maximum atomic E-state index is 10.3. The van der Waals surface area contributed by atoms with Crippen LogP contribution in [-0.4, -0.2) is 10.0 Å². The Balaban J connectivity index is 2.92. The van der Waals surface area contributed by atoms with Crippen molar-refractivity contribution in [3.63, 3.8) is 0 Å². The summed E-state index contributed by atoms with van der Waals surface area (Å²) in [6.07, 6.45) is 1.44. The molecule has 0 aliphatic rings. The molecule has 4 nitrogen and oxygen atoms in total. The van der Waals surface area contributed by atoms with E-state index in [1.165, 1.54) is 25.1 Å². The molecule has 0 heterocycles. The number of rotatable bonds is 2. The van der Waals surface area contributed by atoms with Gasteiger partial charge in [-0.05, 0) is 17.7 Å². The summed E-state index contributed by atoms with van der Waals surface area (Å²) in [5.41, 5.74) is 0.776. The van der Waals surface area contributed by atoms with Gasteiger partial charge in [0, 0.05) is 13.0 Å². The minimum atomic E-state index is -0.452. The summed E-state index contributed by atoms with van der Waals surface area (Å²) in [4.78, 5) is 9.81. The van der Waals surface area contributed by atoms with Crippen molar-refractivity contribution < 1.29 is 10.0 Å². The van der Waals surface area contributed by atoms with Crippen LogP contribution in [0.2, 0.25) is 0 Å². The lowest BCUT2D eigenvalue weighted by molar-refractivity contribution is -0.422. The van der Waals surface area contributed by atoms with Crippen molar-refractivity contribution >= 4 is 6.08 Å². The Morgan fingerprint density at radius 3 is 2.46 bits per heavy atom. The third kappa shape index (κ3) is 2.59. The van der Waals surface area contributed by atoms with Gasteiger partial charge in [0.15, 0.2) is 0 Å². The molecule has 0 spiro atoms. The fourth-order valence-corrected chi connectivity index (χ4v) is 0.864. The van der Waals surface area contributed by atoms with Gasteiger partial charge in [0.2, 0.25) is 5.70 Å². The van der Waals surface area contributed by atoms with Crippen molar-refractivity contribution in [2.75, 3.05) is 0 Å². The first-order chi connectivity index (χ1) is 6.09. The number of phenols is 1. The second-order valence-electron chi connectivity index (χ2n) is 2.63. The largest absolute Gasteiger partial charge is 0.508 e. The predicted molar refractivity (Wildman–Crippen MR) is 48.8 cm³/mol. The first kappa shape index (κ1) is 9.25. The van der Waals surface area contributed by atoms with E-state index in [1.54, 1.807) is 12.1 Å². The normalized spacial score (nSPS) is 11.3. The van der Waals surface area contributed by atoms with Crippen molar-refractivity contribution in [2.24, 2.45) is 0 Å². The van der Waals surface area contributed by atoms with Gasteiger partial charge in [-0.2, -0.15) is 0 Å². The molecule has 0 bridgehead atoms. The van der Waals surface area contributed by atoms with E-state index < -0.39 is 4.92 Å². The van der Waals surface area contributed by atoms with E-state index in [2.05, 4.69) is 0 Å². The van der Waals surface area contributed by atoms with Gasteiger partial charge in [0.05, 0.1) is 4.92 Å². The van der Waals surface area contributed by atoms with Gasteiger partial charge in [-0.15, -0.1) is 0 Å². The smallest absolute Gasteiger partial charge is 0.243 e. The molecule has 4 heteroatoms. The Hall–Kier alpha value is -1.84. The van der Waals surface area contributed by atoms with E-state index in [0.29, 0.717) is 5.56 Å². The molecule has 1 aromatic rings. The molecular formula is C9H9NO3. The van der Waals surface area contributed by atoms with Crippen LogP contribution in [0.15, 0.2) is 30.0 Å². The summed E-state index contributed by atoms with van der Waals surface area (Å²) >= 11 is 0. The van der Waals surface area contributed by atoms with Gasteiger partial charge >= 0.3 is 0 Å². The maximum absolute atomic E-state index is 10.3. The number of aromatic hydroxyl groups is 1. The molecule has 0 aliphatic carbocycles. The molecule has 0 saturated carbocycles. The molecule has 0 radical (unpaired) electrons. The standard InChI is InChI=1S/C9H9NO3/c1-7(10(12)13)6-8-2-4-9(11)5-3-8/h2-6,11H,1H3/b7-6+. The van der Waals surface area contributed by atoms with Gasteiger partial charge in [-0.3, -0.25) is 10.1 Å². The summed E-state index contributed by atoms with van der Waals surface area (Å²) in [6.45, 7) is 1.42. The molecular weight excluding hydrogens is 170 g/mol. The van der Waals surface area contributed by atoms with Crippen LogP contribution in [0.5, 0.6) is 5.75 Å². The number of hydrogen-bond donors (Lipinski definition) is 1. The van der Waals surface area contributed by atoms with Crippen LogP contribution in [0.3, 0.4) is 0 Å². The lowest BCUT2D eigenvalue weighted by Gasteiger charge is -1.93. The number of benzene rings is 1. The monoisotopic (exact) mass is 179 g/mol. The highest BCUT2D eigenvalue weighted by Crippen LogP contribution is 2.12. The van der Waals surface area contributed by atoms with E-state index in [9.17, 15) is 10.1 Å². The number of phenolic OH excluding ortho intramolecular Hbond substituents is 1. The van der Waals surface area contributed by atoms with Gasteiger partial charge < -0.3 is 5.11 Å². The van der Waals surface area contributed by atoms with Crippen molar-refractivity contribution in [3.05, 3.63) is 45.6 Å². The number of nitro groups is 1. The molecule has 68 valence electrons. The van der Waals surface area contributed by atoms with Crippen LogP contribution in [-0.2, 0) is 0 Å². The Morgan fingerprint density at radius 1 is 1.46 bits per heavy atom. The third-order valence-corrected chi connectivity index (χ3v) is 1.56. The highest BCUT2D eigenvalue weighted by molar-refractivity contribution is 5.51. The summed E-state index contributed by atoms with van der Waals surface area (Å²) < 4.78 is 0. The second-order valence-corrected chi connectivity index (χ2v) is 2.63. The van der Waals surface area contributed by atoms with Gasteiger partial charge in [0.1, 0.15) is 5.75 Å². The van der Waals surface area contributed by atoms with Crippen LogP contribution in [0.4, 0.5) is 0 Å². The van der Waals surface area contributed by atoms with Crippen molar-refractivity contribution in [1.29, 1.82) is 0 Å². The molecule has 0 amide bonds. The molecule has 0 aromatic heterocycles. The summed E-state index contributed by atoms with van der Waals surface area (Å²) in [7, 11) is 0. The van der Waals surface area contributed by atoms with Gasteiger partial charge in [0.25, 0.3) is 0 Å². The SMILES string of the molecule is C/C(=C\c1ccc(O)cc1)[N+](=O)[O-]. The van der Waals surface area contributed by atoms with E-state index in [1.807, 2.05) is 0 Å². The van der Waals surface area contributed by atoms with E-state index in [0.717, 1.165) is 0 Å². The lowest BCUT2D eigenvalue weighted by Crippen LogP contribution is -1.92. The number of allylic oxidation sites excluding steroid dienone is 1. The lowest BCUT2D eigenvalue weighted by atomic mass is 10.2. The van der Waals surface area contributed by atoms with E-state index in [-0.39, 0.29) is 11.4 Å².